The third-order valence-corrected chi connectivity index (χ3v) is 3.23. The van der Waals surface area contributed by atoms with Crippen LogP contribution in [0.4, 0.5) is 0 Å². The molecule has 78 valence electrons. The molecule has 2 heteroatoms. The summed E-state index contributed by atoms with van der Waals surface area (Å²) in [6.45, 7) is 10.7. The minimum absolute atomic E-state index is 0.709. The molecule has 0 spiro atoms. The van der Waals surface area contributed by atoms with Gasteiger partial charge < -0.3 is 4.90 Å². The molecule has 0 amide bonds. The maximum atomic E-state index is 2.61. The van der Waals surface area contributed by atoms with Crippen molar-refractivity contribution in [1.29, 1.82) is 0 Å². The third-order valence-electron chi connectivity index (χ3n) is 3.23. The molecule has 0 unspecified atom stereocenters. The van der Waals surface area contributed by atoms with Gasteiger partial charge in [-0.05, 0) is 46.8 Å². The van der Waals surface area contributed by atoms with Crippen LogP contribution in [0.2, 0.25) is 0 Å². The molecule has 1 aliphatic heterocycles. The highest BCUT2D eigenvalue weighted by Crippen LogP contribution is 2.12. The highest BCUT2D eigenvalue weighted by Gasteiger charge is 2.21. The Kier molecular flexibility index (Phi) is 4.20. The van der Waals surface area contributed by atoms with E-state index in [1.165, 1.54) is 32.5 Å². The van der Waals surface area contributed by atoms with Crippen molar-refractivity contribution in [1.82, 2.24) is 9.80 Å². The fourth-order valence-corrected chi connectivity index (χ4v) is 2.12. The molecule has 13 heavy (non-hydrogen) atoms. The molecule has 0 N–H and O–H groups in total. The van der Waals surface area contributed by atoms with Gasteiger partial charge in [-0.25, -0.2) is 0 Å². The van der Waals surface area contributed by atoms with Gasteiger partial charge in [0, 0.05) is 18.6 Å². The Morgan fingerprint density at radius 2 is 2.00 bits per heavy atom. The van der Waals surface area contributed by atoms with Gasteiger partial charge in [-0.3, -0.25) is 4.90 Å². The van der Waals surface area contributed by atoms with E-state index >= 15 is 0 Å². The van der Waals surface area contributed by atoms with Crippen molar-refractivity contribution in [2.75, 3.05) is 26.7 Å². The monoisotopic (exact) mass is 184 g/mol. The van der Waals surface area contributed by atoms with Crippen LogP contribution < -0.4 is 0 Å². The van der Waals surface area contributed by atoms with E-state index < -0.39 is 0 Å². The molecule has 1 fully saturated rings. The molecule has 1 saturated heterocycles. The van der Waals surface area contributed by atoms with E-state index in [1.54, 1.807) is 0 Å². The fourth-order valence-electron chi connectivity index (χ4n) is 2.12. The van der Waals surface area contributed by atoms with Crippen LogP contribution in [-0.4, -0.2) is 48.6 Å². The Morgan fingerprint density at radius 1 is 1.31 bits per heavy atom. The van der Waals surface area contributed by atoms with E-state index in [-0.39, 0.29) is 0 Å². The van der Waals surface area contributed by atoms with Crippen molar-refractivity contribution in [3.8, 4) is 0 Å². The Hall–Kier alpha value is -0.0800. The van der Waals surface area contributed by atoms with Crippen molar-refractivity contribution in [3.05, 3.63) is 0 Å². The van der Waals surface area contributed by atoms with Crippen LogP contribution in [0.5, 0.6) is 0 Å². The predicted octanol–water partition coefficient (Wildman–Crippen LogP) is 1.81. The molecule has 1 aliphatic rings. The van der Waals surface area contributed by atoms with Crippen molar-refractivity contribution < 1.29 is 0 Å². The zero-order chi connectivity index (χ0) is 9.84. The van der Waals surface area contributed by atoms with Crippen LogP contribution in [-0.2, 0) is 0 Å². The summed E-state index contributed by atoms with van der Waals surface area (Å²) in [6, 6.07) is 1.48. The van der Waals surface area contributed by atoms with Gasteiger partial charge in [-0.15, -0.1) is 0 Å². The predicted molar refractivity (Wildman–Crippen MR) is 58.0 cm³/mol. The standard InChI is InChI=1S/C11H24N2/c1-5-11-9-13(10(2)3)8-6-7-12(11)4/h10-11H,5-9H2,1-4H3/t11-/m0/s1. The minimum Gasteiger partial charge on any atom is -0.302 e. The Labute approximate surface area is 82.9 Å². The Bertz CT molecular complexity index is 145. The van der Waals surface area contributed by atoms with Gasteiger partial charge in [0.2, 0.25) is 0 Å². The van der Waals surface area contributed by atoms with E-state index in [2.05, 4.69) is 37.6 Å². The van der Waals surface area contributed by atoms with E-state index in [9.17, 15) is 0 Å². The molecule has 0 saturated carbocycles. The van der Waals surface area contributed by atoms with E-state index in [0.717, 1.165) is 6.04 Å². The van der Waals surface area contributed by atoms with Crippen LogP contribution in [0.25, 0.3) is 0 Å². The lowest BCUT2D eigenvalue weighted by atomic mass is 10.2. The average Bonchev–Trinajstić information content (AvgIpc) is 2.27. The third kappa shape index (κ3) is 2.96. The lowest BCUT2D eigenvalue weighted by Crippen LogP contribution is -2.41. The van der Waals surface area contributed by atoms with Gasteiger partial charge in [0.05, 0.1) is 0 Å². The molecule has 0 bridgehead atoms. The lowest BCUT2D eigenvalue weighted by Gasteiger charge is -2.30. The zero-order valence-corrected chi connectivity index (χ0v) is 9.58. The molecule has 1 rings (SSSR count). The first-order valence-electron chi connectivity index (χ1n) is 5.59. The molecule has 2 nitrogen and oxygen atoms in total. The Morgan fingerprint density at radius 3 is 2.54 bits per heavy atom. The maximum Gasteiger partial charge on any atom is 0.0217 e. The summed E-state index contributed by atoms with van der Waals surface area (Å²) < 4.78 is 0. The lowest BCUT2D eigenvalue weighted by molar-refractivity contribution is 0.177. The molecule has 1 heterocycles. The highest BCUT2D eigenvalue weighted by molar-refractivity contribution is 4.78. The molecule has 0 aromatic heterocycles. The summed E-state index contributed by atoms with van der Waals surface area (Å²) in [6.07, 6.45) is 2.60. The van der Waals surface area contributed by atoms with Gasteiger partial charge in [0.1, 0.15) is 0 Å². The molecular weight excluding hydrogens is 160 g/mol. The largest absolute Gasteiger partial charge is 0.302 e. The first-order valence-corrected chi connectivity index (χ1v) is 5.59. The summed E-state index contributed by atoms with van der Waals surface area (Å²) in [5, 5.41) is 0. The first kappa shape index (κ1) is 11.0. The number of hydrogen-bond acceptors (Lipinski definition) is 2. The number of rotatable bonds is 2. The molecule has 1 atom stereocenters. The second kappa shape index (κ2) is 4.97. The van der Waals surface area contributed by atoms with E-state index in [1.807, 2.05) is 0 Å². The van der Waals surface area contributed by atoms with Gasteiger partial charge in [0.15, 0.2) is 0 Å². The van der Waals surface area contributed by atoms with Gasteiger partial charge in [-0.2, -0.15) is 0 Å². The second-order valence-corrected chi connectivity index (χ2v) is 4.48. The second-order valence-electron chi connectivity index (χ2n) is 4.48. The zero-order valence-electron chi connectivity index (χ0n) is 9.58. The smallest absolute Gasteiger partial charge is 0.0217 e. The van der Waals surface area contributed by atoms with E-state index in [0.29, 0.717) is 6.04 Å². The first-order chi connectivity index (χ1) is 6.15. The molecule has 0 radical (unpaired) electrons. The van der Waals surface area contributed by atoms with Gasteiger partial charge in [0.25, 0.3) is 0 Å². The fraction of sp³-hybridized carbons (Fsp3) is 1.00. The normalized spacial score (nSPS) is 27.9. The SMILES string of the molecule is CC[C@H]1CN(C(C)C)CCCN1C. The summed E-state index contributed by atoms with van der Waals surface area (Å²) >= 11 is 0. The Balaban J connectivity index is 2.53. The summed E-state index contributed by atoms with van der Waals surface area (Å²) in [5.41, 5.74) is 0. The van der Waals surface area contributed by atoms with Crippen molar-refractivity contribution in [3.63, 3.8) is 0 Å². The average molecular weight is 184 g/mol. The summed E-state index contributed by atoms with van der Waals surface area (Å²) in [5.74, 6) is 0. The summed E-state index contributed by atoms with van der Waals surface area (Å²) in [4.78, 5) is 5.13. The minimum atomic E-state index is 0.709. The maximum absolute atomic E-state index is 2.61. The quantitative estimate of drug-likeness (QED) is 0.646. The van der Waals surface area contributed by atoms with Crippen molar-refractivity contribution >= 4 is 0 Å². The van der Waals surface area contributed by atoms with Gasteiger partial charge in [-0.1, -0.05) is 6.92 Å². The van der Waals surface area contributed by atoms with Crippen molar-refractivity contribution in [2.24, 2.45) is 0 Å². The van der Waals surface area contributed by atoms with E-state index in [4.69, 9.17) is 0 Å². The molecular formula is C11H24N2. The number of hydrogen-bond donors (Lipinski definition) is 0. The van der Waals surface area contributed by atoms with Crippen LogP contribution in [0, 0.1) is 0 Å². The topological polar surface area (TPSA) is 6.48 Å². The van der Waals surface area contributed by atoms with Crippen molar-refractivity contribution in [2.45, 2.75) is 45.7 Å². The van der Waals surface area contributed by atoms with Gasteiger partial charge >= 0.3 is 0 Å². The molecule has 0 aromatic rings. The van der Waals surface area contributed by atoms with Crippen LogP contribution >= 0.6 is 0 Å². The van der Waals surface area contributed by atoms with Crippen LogP contribution in [0.15, 0.2) is 0 Å². The van der Waals surface area contributed by atoms with Crippen LogP contribution in [0.1, 0.15) is 33.6 Å². The molecule has 0 aliphatic carbocycles. The molecule has 0 aromatic carbocycles. The summed E-state index contributed by atoms with van der Waals surface area (Å²) in [7, 11) is 2.26. The van der Waals surface area contributed by atoms with Crippen LogP contribution in [0.3, 0.4) is 0 Å². The highest BCUT2D eigenvalue weighted by atomic mass is 15.2. The number of nitrogens with zero attached hydrogens (tertiary/aromatic N) is 2. The number of likely N-dealkylation sites (N-methyl/N-ethyl adjacent to an activating group) is 1.